The molecule has 5 nitrogen and oxygen atoms in total. The topological polar surface area (TPSA) is 60.9 Å². The minimum Gasteiger partial charge on any atom is -0.382 e. The molecule has 2 amide bonds. The van der Waals surface area contributed by atoms with E-state index in [-0.39, 0.29) is 24.8 Å². The molecule has 142 valence electrons. The number of halogens is 3. The van der Waals surface area contributed by atoms with Gasteiger partial charge in [0.25, 0.3) is 0 Å². The Hall–Kier alpha value is -0.960. The molecule has 2 aliphatic heterocycles. The van der Waals surface area contributed by atoms with Gasteiger partial charge in [-0.3, -0.25) is 9.59 Å². The molecule has 3 aliphatic rings. The Labute approximate surface area is 148 Å². The highest BCUT2D eigenvalue weighted by Crippen LogP contribution is 2.34. The minimum absolute atomic E-state index is 0.0482. The van der Waals surface area contributed by atoms with E-state index in [1.165, 1.54) is 11.8 Å². The average molecular weight is 380 g/mol. The fraction of sp³-hybridized carbons (Fsp3) is 0.875. The minimum atomic E-state index is -4.75. The standard InChI is InChI=1S/C16H23F3N2O3S/c17-16(18,19)13(22)11-6-3-7-20(11)15(24)12-8-25-9-21(12)14(23)10-4-1-2-5-10/h10-13,22H,1-9H2/t11-,12-,13+/m1/s1. The quantitative estimate of drug-likeness (QED) is 0.814. The van der Waals surface area contributed by atoms with E-state index in [1.54, 1.807) is 4.90 Å². The molecule has 3 rings (SSSR count). The summed E-state index contributed by atoms with van der Waals surface area (Å²) in [6.45, 7) is 0.198. The molecule has 0 spiro atoms. The van der Waals surface area contributed by atoms with E-state index >= 15 is 0 Å². The molecule has 0 unspecified atom stereocenters. The van der Waals surface area contributed by atoms with Crippen molar-refractivity contribution in [1.82, 2.24) is 9.80 Å². The van der Waals surface area contributed by atoms with Gasteiger partial charge in [0.2, 0.25) is 11.8 Å². The van der Waals surface area contributed by atoms with Crippen LogP contribution in [0.25, 0.3) is 0 Å². The molecule has 0 radical (unpaired) electrons. The second kappa shape index (κ2) is 7.34. The van der Waals surface area contributed by atoms with E-state index < -0.39 is 30.3 Å². The van der Waals surface area contributed by atoms with Gasteiger partial charge in [-0.1, -0.05) is 12.8 Å². The van der Waals surface area contributed by atoms with Gasteiger partial charge in [0.1, 0.15) is 6.04 Å². The number of carbonyl (C=O) groups is 2. The molecular formula is C16H23F3N2O3S. The Morgan fingerprint density at radius 2 is 1.72 bits per heavy atom. The maximum Gasteiger partial charge on any atom is 0.416 e. The first-order valence-corrected chi connectivity index (χ1v) is 9.89. The SMILES string of the molecule is O=C(C1CCCC1)N1CSC[C@@H]1C(=O)N1CCC[C@@H]1[C@H](O)C(F)(F)F. The van der Waals surface area contributed by atoms with Crippen molar-refractivity contribution in [2.24, 2.45) is 5.92 Å². The molecule has 1 saturated carbocycles. The summed E-state index contributed by atoms with van der Waals surface area (Å²) in [4.78, 5) is 28.2. The van der Waals surface area contributed by atoms with E-state index in [9.17, 15) is 27.9 Å². The Bertz CT molecular complexity index is 525. The smallest absolute Gasteiger partial charge is 0.382 e. The van der Waals surface area contributed by atoms with Gasteiger partial charge in [0, 0.05) is 18.2 Å². The number of aliphatic hydroxyl groups is 1. The van der Waals surface area contributed by atoms with Crippen molar-refractivity contribution < 1.29 is 27.9 Å². The Morgan fingerprint density at radius 3 is 2.36 bits per heavy atom. The molecular weight excluding hydrogens is 357 g/mol. The zero-order chi connectivity index (χ0) is 18.2. The van der Waals surface area contributed by atoms with E-state index in [4.69, 9.17) is 0 Å². The lowest BCUT2D eigenvalue weighted by Gasteiger charge is -2.34. The van der Waals surface area contributed by atoms with Crippen LogP contribution in [0.15, 0.2) is 0 Å². The van der Waals surface area contributed by atoms with Gasteiger partial charge >= 0.3 is 6.18 Å². The Kier molecular flexibility index (Phi) is 5.53. The third kappa shape index (κ3) is 3.77. The normalized spacial score (nSPS) is 29.4. The third-order valence-electron chi connectivity index (χ3n) is 5.44. The monoisotopic (exact) mass is 380 g/mol. The maximum atomic E-state index is 12.9. The van der Waals surface area contributed by atoms with Crippen LogP contribution in [0.2, 0.25) is 0 Å². The molecule has 0 bridgehead atoms. The second-order valence-electron chi connectivity index (χ2n) is 7.03. The fourth-order valence-electron chi connectivity index (χ4n) is 4.08. The van der Waals surface area contributed by atoms with Gasteiger partial charge in [0.05, 0.1) is 11.9 Å². The van der Waals surface area contributed by atoms with Crippen LogP contribution in [-0.2, 0) is 9.59 Å². The van der Waals surface area contributed by atoms with Crippen LogP contribution in [0.1, 0.15) is 38.5 Å². The number of thioether (sulfide) groups is 1. The summed E-state index contributed by atoms with van der Waals surface area (Å²) >= 11 is 1.45. The van der Waals surface area contributed by atoms with Crippen LogP contribution >= 0.6 is 11.8 Å². The molecule has 0 aromatic heterocycles. The maximum absolute atomic E-state index is 12.9. The van der Waals surface area contributed by atoms with Gasteiger partial charge in [-0.2, -0.15) is 13.2 Å². The van der Waals surface area contributed by atoms with E-state index in [0.29, 0.717) is 18.1 Å². The average Bonchev–Trinajstić information content (AvgIpc) is 3.32. The predicted molar refractivity (Wildman–Crippen MR) is 86.7 cm³/mol. The molecule has 1 aliphatic carbocycles. The number of carbonyl (C=O) groups excluding carboxylic acids is 2. The summed E-state index contributed by atoms with van der Waals surface area (Å²) in [6, 6.07) is -1.96. The van der Waals surface area contributed by atoms with Gasteiger partial charge in [-0.05, 0) is 25.7 Å². The van der Waals surface area contributed by atoms with Crippen molar-refractivity contribution in [1.29, 1.82) is 0 Å². The van der Waals surface area contributed by atoms with E-state index in [0.717, 1.165) is 30.6 Å². The molecule has 2 saturated heterocycles. The molecule has 1 N–H and O–H groups in total. The van der Waals surface area contributed by atoms with Crippen molar-refractivity contribution in [2.45, 2.75) is 62.9 Å². The summed E-state index contributed by atoms with van der Waals surface area (Å²) in [5, 5.41) is 9.59. The predicted octanol–water partition coefficient (Wildman–Crippen LogP) is 1.99. The number of likely N-dealkylation sites (tertiary alicyclic amines) is 1. The first-order valence-electron chi connectivity index (χ1n) is 8.74. The van der Waals surface area contributed by atoms with Crippen molar-refractivity contribution in [3.63, 3.8) is 0 Å². The summed E-state index contributed by atoms with van der Waals surface area (Å²) in [5.41, 5.74) is 0. The van der Waals surface area contributed by atoms with E-state index in [2.05, 4.69) is 0 Å². The zero-order valence-electron chi connectivity index (χ0n) is 13.9. The Morgan fingerprint density at radius 1 is 1.04 bits per heavy atom. The van der Waals surface area contributed by atoms with Crippen molar-refractivity contribution >= 4 is 23.6 Å². The summed E-state index contributed by atoms with van der Waals surface area (Å²) < 4.78 is 38.6. The molecule has 2 heterocycles. The number of aliphatic hydroxyl groups excluding tert-OH is 1. The van der Waals surface area contributed by atoms with Crippen molar-refractivity contribution in [3.8, 4) is 0 Å². The first kappa shape index (κ1) is 18.8. The van der Waals surface area contributed by atoms with Gasteiger partial charge in [-0.15, -0.1) is 11.8 Å². The second-order valence-corrected chi connectivity index (χ2v) is 8.03. The lowest BCUT2D eigenvalue weighted by atomic mass is 10.0. The molecule has 9 heteroatoms. The first-order chi connectivity index (χ1) is 11.8. The van der Waals surface area contributed by atoms with Gasteiger partial charge < -0.3 is 14.9 Å². The number of hydrogen-bond donors (Lipinski definition) is 1. The largest absolute Gasteiger partial charge is 0.416 e. The van der Waals surface area contributed by atoms with Crippen LogP contribution in [-0.4, -0.2) is 69.3 Å². The highest BCUT2D eigenvalue weighted by atomic mass is 32.2. The number of rotatable bonds is 3. The van der Waals surface area contributed by atoms with Crippen LogP contribution in [0.4, 0.5) is 13.2 Å². The number of nitrogens with zero attached hydrogens (tertiary/aromatic N) is 2. The summed E-state index contributed by atoms with van der Waals surface area (Å²) in [7, 11) is 0. The number of alkyl halides is 3. The van der Waals surface area contributed by atoms with Crippen molar-refractivity contribution in [3.05, 3.63) is 0 Å². The van der Waals surface area contributed by atoms with Crippen LogP contribution in [0.3, 0.4) is 0 Å². The van der Waals surface area contributed by atoms with Gasteiger partial charge in [-0.25, -0.2) is 0 Å². The highest BCUT2D eigenvalue weighted by Gasteiger charge is 2.50. The molecule has 25 heavy (non-hydrogen) atoms. The molecule has 0 aromatic carbocycles. The van der Waals surface area contributed by atoms with Crippen LogP contribution < -0.4 is 0 Å². The highest BCUT2D eigenvalue weighted by molar-refractivity contribution is 7.99. The lowest BCUT2D eigenvalue weighted by molar-refractivity contribution is -0.219. The molecule has 0 aromatic rings. The number of hydrogen-bond acceptors (Lipinski definition) is 4. The summed E-state index contributed by atoms with van der Waals surface area (Å²) in [6.07, 6.45) is -3.09. The number of amides is 2. The Balaban J connectivity index is 1.71. The van der Waals surface area contributed by atoms with E-state index in [1.807, 2.05) is 0 Å². The molecule has 3 fully saturated rings. The zero-order valence-corrected chi connectivity index (χ0v) is 14.7. The lowest BCUT2D eigenvalue weighted by Crippen LogP contribution is -2.55. The van der Waals surface area contributed by atoms with Crippen LogP contribution in [0, 0.1) is 5.92 Å². The van der Waals surface area contributed by atoms with Gasteiger partial charge in [0.15, 0.2) is 6.10 Å². The van der Waals surface area contributed by atoms with Crippen LogP contribution in [0.5, 0.6) is 0 Å². The van der Waals surface area contributed by atoms with Crippen molar-refractivity contribution in [2.75, 3.05) is 18.2 Å². The fourth-order valence-corrected chi connectivity index (χ4v) is 5.23. The summed E-state index contributed by atoms with van der Waals surface area (Å²) in [5.74, 6) is 0.244. The third-order valence-corrected chi connectivity index (χ3v) is 6.45. The molecule has 3 atom stereocenters.